The molecule has 1 aromatic heterocycles. The summed E-state index contributed by atoms with van der Waals surface area (Å²) in [5.41, 5.74) is 0.443. The van der Waals surface area contributed by atoms with Crippen LogP contribution in [0.4, 0.5) is 0 Å². The first-order valence-corrected chi connectivity index (χ1v) is 6.62. The van der Waals surface area contributed by atoms with E-state index in [4.69, 9.17) is 0 Å². The van der Waals surface area contributed by atoms with Gasteiger partial charge < -0.3 is 0 Å². The Morgan fingerprint density at radius 2 is 2.00 bits per heavy atom. The van der Waals surface area contributed by atoms with Gasteiger partial charge in [-0.3, -0.25) is 0 Å². The highest BCUT2D eigenvalue weighted by atomic mass is 32.1. The van der Waals surface area contributed by atoms with Crippen molar-refractivity contribution in [2.75, 3.05) is 0 Å². The van der Waals surface area contributed by atoms with E-state index in [9.17, 15) is 5.26 Å². The lowest BCUT2D eigenvalue weighted by Gasteiger charge is -2.50. The Hall–Kier alpha value is -0.810. The van der Waals surface area contributed by atoms with Gasteiger partial charge in [-0.15, -0.1) is 11.3 Å². The second kappa shape index (κ2) is 3.09. The van der Waals surface area contributed by atoms with Gasteiger partial charge in [-0.2, -0.15) is 5.26 Å². The van der Waals surface area contributed by atoms with Gasteiger partial charge in [0, 0.05) is 4.88 Å². The van der Waals surface area contributed by atoms with E-state index in [2.05, 4.69) is 23.6 Å². The molecule has 0 atom stereocenters. The van der Waals surface area contributed by atoms with Gasteiger partial charge in [0.25, 0.3) is 0 Å². The Balaban J connectivity index is 1.85. The van der Waals surface area contributed by atoms with Gasteiger partial charge in [0.2, 0.25) is 0 Å². The van der Waals surface area contributed by atoms with Crippen LogP contribution in [-0.2, 0) is 5.41 Å². The maximum Gasteiger partial charge on any atom is 0.0925 e. The third-order valence-electron chi connectivity index (χ3n) is 4.22. The van der Waals surface area contributed by atoms with Crippen molar-refractivity contribution in [2.45, 2.75) is 43.9 Å². The maximum atomic E-state index is 9.41. The molecule has 0 saturated heterocycles. The second-order valence-corrected chi connectivity index (χ2v) is 6.18. The van der Waals surface area contributed by atoms with Crippen LogP contribution in [0.1, 0.15) is 43.4 Å². The Bertz CT molecular complexity index is 385. The van der Waals surface area contributed by atoms with Gasteiger partial charge in [0.05, 0.1) is 11.5 Å². The molecule has 0 radical (unpaired) electrons. The standard InChI is InChI=1S/C13H15NS/c14-10-13(11-4-3-7-15-11)8-12(9-13)5-1-2-6-12/h3-4,7H,1-2,5-6,8-9H2. The molecule has 0 bridgehead atoms. The summed E-state index contributed by atoms with van der Waals surface area (Å²) in [5.74, 6) is 0. The molecule has 2 aliphatic carbocycles. The Morgan fingerprint density at radius 3 is 2.53 bits per heavy atom. The molecule has 15 heavy (non-hydrogen) atoms. The zero-order valence-corrected chi connectivity index (χ0v) is 9.65. The van der Waals surface area contributed by atoms with Gasteiger partial charge in [-0.05, 0) is 42.5 Å². The topological polar surface area (TPSA) is 23.8 Å². The van der Waals surface area contributed by atoms with E-state index in [0.29, 0.717) is 5.41 Å². The van der Waals surface area contributed by atoms with Gasteiger partial charge >= 0.3 is 0 Å². The van der Waals surface area contributed by atoms with E-state index in [0.717, 1.165) is 12.8 Å². The van der Waals surface area contributed by atoms with Gasteiger partial charge in [-0.1, -0.05) is 18.9 Å². The molecule has 1 nitrogen and oxygen atoms in total. The molecule has 1 spiro atoms. The zero-order chi connectivity index (χ0) is 10.4. The predicted octanol–water partition coefficient (Wildman–Crippen LogP) is 3.86. The summed E-state index contributed by atoms with van der Waals surface area (Å²) in [5, 5.41) is 11.5. The zero-order valence-electron chi connectivity index (χ0n) is 8.83. The molecular weight excluding hydrogens is 202 g/mol. The van der Waals surface area contributed by atoms with Gasteiger partial charge in [-0.25, -0.2) is 0 Å². The number of rotatable bonds is 1. The molecule has 0 aromatic carbocycles. The van der Waals surface area contributed by atoms with Crippen LogP contribution < -0.4 is 0 Å². The molecule has 1 heterocycles. The molecule has 2 fully saturated rings. The lowest BCUT2D eigenvalue weighted by molar-refractivity contribution is 0.0671. The minimum absolute atomic E-state index is 0.113. The van der Waals surface area contributed by atoms with Crippen molar-refractivity contribution in [1.29, 1.82) is 5.26 Å². The first kappa shape index (κ1) is 9.42. The number of thiophene rings is 1. The number of hydrogen-bond donors (Lipinski definition) is 0. The summed E-state index contributed by atoms with van der Waals surface area (Å²) in [6.45, 7) is 0. The van der Waals surface area contributed by atoms with E-state index >= 15 is 0 Å². The quantitative estimate of drug-likeness (QED) is 0.700. The smallest absolute Gasteiger partial charge is 0.0925 e. The highest BCUT2D eigenvalue weighted by molar-refractivity contribution is 7.10. The van der Waals surface area contributed by atoms with E-state index in [1.807, 2.05) is 0 Å². The number of nitriles is 1. The maximum absolute atomic E-state index is 9.41. The Labute approximate surface area is 94.7 Å². The summed E-state index contributed by atoms with van der Waals surface area (Å²) in [7, 11) is 0. The van der Waals surface area contributed by atoms with Crippen molar-refractivity contribution < 1.29 is 0 Å². The van der Waals surface area contributed by atoms with Crippen molar-refractivity contribution in [1.82, 2.24) is 0 Å². The minimum atomic E-state index is -0.113. The summed E-state index contributed by atoms with van der Waals surface area (Å²) < 4.78 is 0. The Morgan fingerprint density at radius 1 is 1.27 bits per heavy atom. The molecule has 78 valence electrons. The molecule has 1 aromatic rings. The number of hydrogen-bond acceptors (Lipinski definition) is 2. The fourth-order valence-corrected chi connectivity index (χ4v) is 4.44. The first-order chi connectivity index (χ1) is 7.29. The predicted molar refractivity (Wildman–Crippen MR) is 61.7 cm³/mol. The lowest BCUT2D eigenvalue weighted by atomic mass is 9.52. The van der Waals surface area contributed by atoms with Crippen molar-refractivity contribution in [3.05, 3.63) is 22.4 Å². The summed E-state index contributed by atoms with van der Waals surface area (Å²) in [6, 6.07) is 6.78. The van der Waals surface area contributed by atoms with Crippen LogP contribution in [0.25, 0.3) is 0 Å². The third-order valence-corrected chi connectivity index (χ3v) is 5.30. The van der Waals surface area contributed by atoms with Crippen molar-refractivity contribution in [3.8, 4) is 6.07 Å². The summed E-state index contributed by atoms with van der Waals surface area (Å²) in [4.78, 5) is 1.29. The molecule has 2 heteroatoms. The van der Waals surface area contributed by atoms with E-state index in [1.165, 1.54) is 30.6 Å². The third kappa shape index (κ3) is 1.26. The van der Waals surface area contributed by atoms with Gasteiger partial charge in [0.1, 0.15) is 0 Å². The SMILES string of the molecule is N#CC1(c2cccs2)CC2(CCCC2)C1. The minimum Gasteiger partial charge on any atom is -0.197 e. The van der Waals surface area contributed by atoms with Crippen LogP contribution in [0.15, 0.2) is 17.5 Å². The molecule has 0 aliphatic heterocycles. The monoisotopic (exact) mass is 217 g/mol. The second-order valence-electron chi connectivity index (χ2n) is 5.23. The summed E-state index contributed by atoms with van der Waals surface area (Å²) in [6.07, 6.45) is 7.73. The largest absolute Gasteiger partial charge is 0.197 e. The molecule has 3 rings (SSSR count). The average molecular weight is 217 g/mol. The van der Waals surface area contributed by atoms with Crippen molar-refractivity contribution in [2.24, 2.45) is 5.41 Å². The Kier molecular flexibility index (Phi) is 1.94. The average Bonchev–Trinajstić information content (AvgIpc) is 2.85. The molecule has 0 unspecified atom stereocenters. The van der Waals surface area contributed by atoms with Crippen LogP contribution >= 0.6 is 11.3 Å². The normalized spacial score (nSPS) is 26.1. The lowest BCUT2D eigenvalue weighted by Crippen LogP contribution is -2.46. The van der Waals surface area contributed by atoms with Crippen LogP contribution in [0.5, 0.6) is 0 Å². The fraction of sp³-hybridized carbons (Fsp3) is 0.615. The van der Waals surface area contributed by atoms with Gasteiger partial charge in [0.15, 0.2) is 0 Å². The molecule has 2 aliphatic rings. The highest BCUT2D eigenvalue weighted by Crippen LogP contribution is 2.63. The van der Waals surface area contributed by atoms with Crippen LogP contribution in [-0.4, -0.2) is 0 Å². The number of nitrogens with zero attached hydrogens (tertiary/aromatic N) is 1. The molecule has 0 N–H and O–H groups in total. The molecule has 2 saturated carbocycles. The fourth-order valence-electron chi connectivity index (χ4n) is 3.57. The van der Waals surface area contributed by atoms with E-state index in [-0.39, 0.29) is 5.41 Å². The molecule has 0 amide bonds. The van der Waals surface area contributed by atoms with Crippen molar-refractivity contribution in [3.63, 3.8) is 0 Å². The van der Waals surface area contributed by atoms with E-state index in [1.54, 1.807) is 11.3 Å². The summed E-state index contributed by atoms with van der Waals surface area (Å²) >= 11 is 1.75. The molecular formula is C13H15NS. The van der Waals surface area contributed by atoms with E-state index < -0.39 is 0 Å². The highest BCUT2D eigenvalue weighted by Gasteiger charge is 2.56. The van der Waals surface area contributed by atoms with Crippen LogP contribution in [0, 0.1) is 16.7 Å². The van der Waals surface area contributed by atoms with Crippen LogP contribution in [0.2, 0.25) is 0 Å². The van der Waals surface area contributed by atoms with Crippen molar-refractivity contribution >= 4 is 11.3 Å². The van der Waals surface area contributed by atoms with Crippen LogP contribution in [0.3, 0.4) is 0 Å². The first-order valence-electron chi connectivity index (χ1n) is 5.74.